The van der Waals surface area contributed by atoms with E-state index in [0.717, 1.165) is 22.1 Å². The first-order chi connectivity index (χ1) is 16.4. The van der Waals surface area contributed by atoms with Gasteiger partial charge in [-0.05, 0) is 50.1 Å². The summed E-state index contributed by atoms with van der Waals surface area (Å²) >= 11 is 0. The Kier molecular flexibility index (Phi) is 5.74. The number of carbonyl (C=O) groups excluding carboxylic acids is 2. The summed E-state index contributed by atoms with van der Waals surface area (Å²) in [5, 5.41) is 0.914. The minimum absolute atomic E-state index is 0.0259. The van der Waals surface area contributed by atoms with Crippen molar-refractivity contribution >= 4 is 22.9 Å². The van der Waals surface area contributed by atoms with Gasteiger partial charge < -0.3 is 18.8 Å². The molecule has 0 unspecified atom stereocenters. The maximum absolute atomic E-state index is 13.6. The van der Waals surface area contributed by atoms with Crippen molar-refractivity contribution in [3.63, 3.8) is 0 Å². The predicted molar refractivity (Wildman–Crippen MR) is 132 cm³/mol. The van der Waals surface area contributed by atoms with E-state index in [4.69, 9.17) is 4.42 Å². The second kappa shape index (κ2) is 8.86. The maximum atomic E-state index is 13.6. The van der Waals surface area contributed by atoms with Gasteiger partial charge in [-0.3, -0.25) is 9.59 Å². The number of aryl methyl sites for hydroxylation is 2. The number of fused-ring (bicyclic) bond motifs is 1. The fourth-order valence-electron chi connectivity index (χ4n) is 4.76. The van der Waals surface area contributed by atoms with Crippen molar-refractivity contribution in [2.24, 2.45) is 0 Å². The highest BCUT2D eigenvalue weighted by Gasteiger charge is 2.32. The van der Waals surface area contributed by atoms with Gasteiger partial charge in [0.15, 0.2) is 0 Å². The van der Waals surface area contributed by atoms with Crippen LogP contribution in [-0.4, -0.2) is 51.9 Å². The molecule has 0 N–H and O–H groups in total. The van der Waals surface area contributed by atoms with Gasteiger partial charge in [0.05, 0.1) is 12.8 Å². The Balaban J connectivity index is 1.37. The molecule has 1 aliphatic heterocycles. The van der Waals surface area contributed by atoms with E-state index in [9.17, 15) is 9.59 Å². The SMILES string of the molecule is Cc1ccc(Cn2c(C(=O)N3CCN(C(=O)c4ccccc4C)[C@@H](C)C3)cc3ccoc32)cc1. The minimum atomic E-state index is -0.0756. The summed E-state index contributed by atoms with van der Waals surface area (Å²) in [6.45, 7) is 8.08. The lowest BCUT2D eigenvalue weighted by atomic mass is 10.1. The number of hydrogen-bond acceptors (Lipinski definition) is 3. The van der Waals surface area contributed by atoms with Crippen LogP contribution in [0, 0.1) is 13.8 Å². The van der Waals surface area contributed by atoms with E-state index < -0.39 is 0 Å². The Morgan fingerprint density at radius 3 is 2.47 bits per heavy atom. The summed E-state index contributed by atoms with van der Waals surface area (Å²) in [6, 6.07) is 19.7. The van der Waals surface area contributed by atoms with Crippen LogP contribution in [0.15, 0.2) is 71.3 Å². The lowest BCUT2D eigenvalue weighted by molar-refractivity contribution is 0.0409. The molecular formula is C28H29N3O3. The molecule has 6 heteroatoms. The van der Waals surface area contributed by atoms with Crippen LogP contribution in [-0.2, 0) is 6.54 Å². The number of hydrogen-bond donors (Lipinski definition) is 0. The molecule has 1 saturated heterocycles. The third-order valence-electron chi connectivity index (χ3n) is 6.73. The lowest BCUT2D eigenvalue weighted by Crippen LogP contribution is -2.55. The van der Waals surface area contributed by atoms with Crippen molar-refractivity contribution < 1.29 is 14.0 Å². The summed E-state index contributed by atoms with van der Waals surface area (Å²) in [4.78, 5) is 30.5. The molecule has 0 bridgehead atoms. The van der Waals surface area contributed by atoms with Crippen molar-refractivity contribution in [2.45, 2.75) is 33.4 Å². The average molecular weight is 456 g/mol. The van der Waals surface area contributed by atoms with Crippen LogP contribution in [0.2, 0.25) is 0 Å². The van der Waals surface area contributed by atoms with Crippen molar-refractivity contribution in [1.29, 1.82) is 0 Å². The number of carbonyl (C=O) groups is 2. The van der Waals surface area contributed by atoms with E-state index in [1.807, 2.05) is 64.6 Å². The van der Waals surface area contributed by atoms with E-state index in [2.05, 4.69) is 31.2 Å². The van der Waals surface area contributed by atoms with Crippen LogP contribution in [0.25, 0.3) is 11.1 Å². The van der Waals surface area contributed by atoms with Gasteiger partial charge in [0, 0.05) is 36.6 Å². The lowest BCUT2D eigenvalue weighted by Gasteiger charge is -2.40. The van der Waals surface area contributed by atoms with E-state index >= 15 is 0 Å². The van der Waals surface area contributed by atoms with Gasteiger partial charge in [-0.1, -0.05) is 48.0 Å². The molecule has 6 nitrogen and oxygen atoms in total. The van der Waals surface area contributed by atoms with Gasteiger partial charge >= 0.3 is 0 Å². The Morgan fingerprint density at radius 2 is 1.74 bits per heavy atom. The highest BCUT2D eigenvalue weighted by molar-refractivity contribution is 5.99. The molecule has 0 radical (unpaired) electrons. The molecule has 2 aromatic heterocycles. The van der Waals surface area contributed by atoms with Crippen LogP contribution in [0.1, 0.15) is 44.5 Å². The molecule has 0 spiro atoms. The number of aromatic nitrogens is 1. The Morgan fingerprint density at radius 1 is 0.971 bits per heavy atom. The smallest absolute Gasteiger partial charge is 0.270 e. The van der Waals surface area contributed by atoms with E-state index in [1.165, 1.54) is 5.56 Å². The third kappa shape index (κ3) is 4.00. The van der Waals surface area contributed by atoms with Crippen LogP contribution < -0.4 is 0 Å². The molecule has 4 aromatic rings. The largest absolute Gasteiger partial charge is 0.448 e. The second-order valence-corrected chi connectivity index (χ2v) is 9.20. The van der Waals surface area contributed by atoms with Crippen molar-refractivity contribution in [1.82, 2.24) is 14.4 Å². The first-order valence-corrected chi connectivity index (χ1v) is 11.7. The van der Waals surface area contributed by atoms with Crippen LogP contribution in [0.4, 0.5) is 0 Å². The monoisotopic (exact) mass is 455 g/mol. The fraction of sp³-hybridized carbons (Fsp3) is 0.286. The normalized spacial score (nSPS) is 16.3. The van der Waals surface area contributed by atoms with E-state index in [0.29, 0.717) is 37.6 Å². The number of piperazine rings is 1. The first-order valence-electron chi connectivity index (χ1n) is 11.7. The summed E-state index contributed by atoms with van der Waals surface area (Å²) in [5.74, 6) is -0.00805. The molecule has 5 rings (SSSR count). The maximum Gasteiger partial charge on any atom is 0.270 e. The zero-order chi connectivity index (χ0) is 23.8. The molecule has 1 fully saturated rings. The van der Waals surface area contributed by atoms with Crippen LogP contribution in [0.5, 0.6) is 0 Å². The van der Waals surface area contributed by atoms with E-state index in [-0.39, 0.29) is 17.9 Å². The number of rotatable bonds is 4. The van der Waals surface area contributed by atoms with E-state index in [1.54, 1.807) is 6.26 Å². The highest BCUT2D eigenvalue weighted by Crippen LogP contribution is 2.25. The molecule has 2 amide bonds. The van der Waals surface area contributed by atoms with Gasteiger partial charge in [0.1, 0.15) is 5.69 Å². The summed E-state index contributed by atoms with van der Waals surface area (Å²) in [6.07, 6.45) is 1.66. The molecule has 0 saturated carbocycles. The molecule has 1 aliphatic rings. The van der Waals surface area contributed by atoms with Gasteiger partial charge in [0.25, 0.3) is 11.8 Å². The molecule has 34 heavy (non-hydrogen) atoms. The average Bonchev–Trinajstić information content (AvgIpc) is 3.42. The van der Waals surface area contributed by atoms with Crippen LogP contribution in [0.3, 0.4) is 0 Å². The predicted octanol–water partition coefficient (Wildman–Crippen LogP) is 4.89. The van der Waals surface area contributed by atoms with Crippen molar-refractivity contribution in [3.05, 3.63) is 94.9 Å². The molecule has 174 valence electrons. The quantitative estimate of drug-likeness (QED) is 0.440. The molecule has 3 heterocycles. The number of benzene rings is 2. The van der Waals surface area contributed by atoms with Crippen molar-refractivity contribution in [2.75, 3.05) is 19.6 Å². The minimum Gasteiger partial charge on any atom is -0.448 e. The highest BCUT2D eigenvalue weighted by atomic mass is 16.3. The Labute approximate surface area is 199 Å². The molecular weight excluding hydrogens is 426 g/mol. The van der Waals surface area contributed by atoms with Gasteiger partial charge in [-0.2, -0.15) is 0 Å². The molecule has 2 aromatic carbocycles. The summed E-state index contributed by atoms with van der Waals surface area (Å²) in [5.41, 5.74) is 5.31. The summed E-state index contributed by atoms with van der Waals surface area (Å²) < 4.78 is 7.69. The van der Waals surface area contributed by atoms with Gasteiger partial charge in [-0.25, -0.2) is 0 Å². The number of amides is 2. The Hall–Kier alpha value is -3.80. The summed E-state index contributed by atoms with van der Waals surface area (Å²) in [7, 11) is 0. The molecule has 1 atom stereocenters. The Bertz CT molecular complexity index is 1350. The zero-order valence-corrected chi connectivity index (χ0v) is 19.8. The van der Waals surface area contributed by atoms with Crippen molar-refractivity contribution in [3.8, 4) is 0 Å². The van der Waals surface area contributed by atoms with Crippen LogP contribution >= 0.6 is 0 Å². The fourth-order valence-corrected chi connectivity index (χ4v) is 4.76. The standard InChI is InChI=1S/C28H29N3O3/c1-19-8-10-22(11-9-19)18-31-25(16-23-12-15-34-28(23)31)27(33)29-13-14-30(21(3)17-29)26(32)24-7-5-4-6-20(24)2/h4-12,15-16,21H,13-14,17-18H2,1-3H3/t21-/m0/s1. The number of nitrogens with zero attached hydrogens (tertiary/aromatic N) is 3. The third-order valence-corrected chi connectivity index (χ3v) is 6.73. The van der Waals surface area contributed by atoms with Gasteiger partial charge in [-0.15, -0.1) is 0 Å². The number of furan rings is 1. The zero-order valence-electron chi connectivity index (χ0n) is 19.8. The second-order valence-electron chi connectivity index (χ2n) is 9.20. The topological polar surface area (TPSA) is 58.7 Å². The molecule has 0 aliphatic carbocycles. The first kappa shape index (κ1) is 22.0. The van der Waals surface area contributed by atoms with Gasteiger partial charge in [0.2, 0.25) is 5.71 Å².